The highest BCUT2D eigenvalue weighted by molar-refractivity contribution is 4.49. The summed E-state index contributed by atoms with van der Waals surface area (Å²) < 4.78 is 0. The summed E-state index contributed by atoms with van der Waals surface area (Å²) in [5.74, 6) is 0.955. The molecule has 0 aromatic rings. The summed E-state index contributed by atoms with van der Waals surface area (Å²) in [5, 5.41) is 0. The normalized spacial score (nSPS) is 9.29. The van der Waals surface area contributed by atoms with E-state index in [-0.39, 0.29) is 2.85 Å². The van der Waals surface area contributed by atoms with Crippen LogP contribution in [0.3, 0.4) is 0 Å². The van der Waals surface area contributed by atoms with Gasteiger partial charge < -0.3 is 0 Å². The molecule has 0 saturated heterocycles. The lowest BCUT2D eigenvalue weighted by atomic mass is 10.0. The van der Waals surface area contributed by atoms with Crippen molar-refractivity contribution in [3.05, 3.63) is 0 Å². The minimum Gasteiger partial charge on any atom is -0.0683 e. The highest BCUT2D eigenvalue weighted by Crippen LogP contribution is 2.11. The monoisotopic (exact) mass is 308 g/mol. The molecule has 0 aliphatic heterocycles. The first-order valence-electron chi connectivity index (χ1n) is 10.2. The lowest BCUT2D eigenvalue weighted by Gasteiger charge is -2.05. The van der Waals surface area contributed by atoms with Crippen LogP contribution in [0.5, 0.6) is 0 Å². The van der Waals surface area contributed by atoms with Crippen LogP contribution < -0.4 is 0 Å². The van der Waals surface area contributed by atoms with Gasteiger partial charge in [0.25, 0.3) is 0 Å². The molecule has 0 heterocycles. The molecule has 0 saturated carbocycles. The molecule has 0 aromatic carbocycles. The largest absolute Gasteiger partial charge is 0.0683 e. The molecule has 0 fully saturated rings. The van der Waals surface area contributed by atoms with Crippen LogP contribution in [-0.4, -0.2) is 0 Å². The predicted molar refractivity (Wildman–Crippen MR) is 112 cm³/mol. The van der Waals surface area contributed by atoms with Crippen molar-refractivity contribution in [3.63, 3.8) is 0 Å². The third-order valence-electron chi connectivity index (χ3n) is 2.95. The molecule has 1 unspecified atom stereocenters. The Kier molecular flexibility index (Phi) is 78.3. The van der Waals surface area contributed by atoms with Crippen molar-refractivity contribution in [2.75, 3.05) is 0 Å². The fraction of sp³-hybridized carbons (Fsp3) is 1.00. The van der Waals surface area contributed by atoms with Crippen LogP contribution >= 0.6 is 0 Å². The highest BCUT2D eigenvalue weighted by atomic mass is 14.0. The molecular weight excluding hydrogens is 252 g/mol. The maximum absolute atomic E-state index is 2.34. The summed E-state index contributed by atoms with van der Waals surface area (Å²) in [6.07, 6.45) is 12.5. The summed E-state index contributed by atoms with van der Waals surface area (Å²) in [6.45, 7) is 23.3. The second kappa shape index (κ2) is 50.1. The minimum atomic E-state index is 0. The van der Waals surface area contributed by atoms with E-state index in [1.54, 1.807) is 0 Å². The Balaban J connectivity index is -0.0000000323. The van der Waals surface area contributed by atoms with E-state index in [2.05, 4.69) is 34.6 Å². The van der Waals surface area contributed by atoms with Gasteiger partial charge in [-0.05, 0) is 5.92 Å². The standard InChI is InChI=1S/C9H20.C6H14.3C2H6.2H2/c1-4-6-7-8-9(3)5-2;1-3-5-6-4-2;3*1-2;;/h9H,4-8H2,1-3H3;3-6H2,1-2H3;3*1-2H3;2*1H. The topological polar surface area (TPSA) is 0 Å². The van der Waals surface area contributed by atoms with Gasteiger partial charge >= 0.3 is 0 Å². The predicted octanol–water partition coefficient (Wildman–Crippen LogP) is 9.77. The molecule has 0 N–H and O–H groups in total. The van der Waals surface area contributed by atoms with Gasteiger partial charge in [0.05, 0.1) is 0 Å². The molecular formula is C21H56. The van der Waals surface area contributed by atoms with Crippen LogP contribution in [0, 0.1) is 5.92 Å². The number of hydrogen-bond donors (Lipinski definition) is 0. The molecule has 140 valence electrons. The van der Waals surface area contributed by atoms with Crippen molar-refractivity contribution in [1.82, 2.24) is 0 Å². The fourth-order valence-corrected chi connectivity index (χ4v) is 1.45. The summed E-state index contributed by atoms with van der Waals surface area (Å²) in [4.78, 5) is 0. The van der Waals surface area contributed by atoms with E-state index in [9.17, 15) is 0 Å². The lowest BCUT2D eigenvalue weighted by Crippen LogP contribution is -1.90. The summed E-state index contributed by atoms with van der Waals surface area (Å²) in [6, 6.07) is 0. The number of rotatable bonds is 8. The van der Waals surface area contributed by atoms with Gasteiger partial charge in [-0.15, -0.1) is 0 Å². The lowest BCUT2D eigenvalue weighted by molar-refractivity contribution is 0.482. The highest BCUT2D eigenvalue weighted by Gasteiger charge is 1.95. The molecule has 0 bridgehead atoms. The van der Waals surface area contributed by atoms with Gasteiger partial charge in [-0.2, -0.15) is 0 Å². The van der Waals surface area contributed by atoms with Crippen LogP contribution in [-0.2, 0) is 0 Å². The first-order valence-corrected chi connectivity index (χ1v) is 10.2. The van der Waals surface area contributed by atoms with E-state index in [1.165, 1.54) is 57.8 Å². The van der Waals surface area contributed by atoms with Crippen molar-refractivity contribution in [3.8, 4) is 0 Å². The molecule has 0 aliphatic rings. The van der Waals surface area contributed by atoms with Gasteiger partial charge in [0, 0.05) is 2.85 Å². The molecule has 0 amide bonds. The smallest absolute Gasteiger partial charge is 0 e. The third-order valence-corrected chi connectivity index (χ3v) is 2.95. The molecule has 0 heteroatoms. The Hall–Kier alpha value is 0. The summed E-state index contributed by atoms with van der Waals surface area (Å²) in [5.41, 5.74) is 0. The van der Waals surface area contributed by atoms with E-state index < -0.39 is 0 Å². The van der Waals surface area contributed by atoms with E-state index in [0.717, 1.165) is 5.92 Å². The maximum atomic E-state index is 2.34. The van der Waals surface area contributed by atoms with Crippen LogP contribution in [0.1, 0.15) is 137 Å². The van der Waals surface area contributed by atoms with Gasteiger partial charge in [-0.3, -0.25) is 0 Å². The van der Waals surface area contributed by atoms with Crippen molar-refractivity contribution < 1.29 is 2.85 Å². The molecule has 0 aromatic heterocycles. The van der Waals surface area contributed by atoms with Gasteiger partial charge in [0.1, 0.15) is 0 Å². The maximum Gasteiger partial charge on any atom is 0 e. The minimum absolute atomic E-state index is 0. The average molecular weight is 309 g/mol. The first kappa shape index (κ1) is 32.8. The molecule has 21 heavy (non-hydrogen) atoms. The van der Waals surface area contributed by atoms with Gasteiger partial charge in [0.2, 0.25) is 0 Å². The SMILES string of the molecule is CC.CC.CC.CCCCCC.CCCCCC(C)CC.[HH].[HH]. The van der Waals surface area contributed by atoms with Gasteiger partial charge in [-0.1, -0.05) is 134 Å². The van der Waals surface area contributed by atoms with Crippen molar-refractivity contribution in [2.24, 2.45) is 5.92 Å². The molecule has 0 nitrogen and oxygen atoms in total. The Labute approximate surface area is 143 Å². The van der Waals surface area contributed by atoms with Crippen LogP contribution in [0.25, 0.3) is 0 Å². The molecule has 0 aliphatic carbocycles. The van der Waals surface area contributed by atoms with Crippen LogP contribution in [0.15, 0.2) is 0 Å². The zero-order chi connectivity index (χ0) is 17.9. The molecule has 0 radical (unpaired) electrons. The molecule has 1 atom stereocenters. The first-order chi connectivity index (χ1) is 10.2. The zero-order valence-corrected chi connectivity index (χ0v) is 17.9. The second-order valence-electron chi connectivity index (χ2n) is 4.72. The van der Waals surface area contributed by atoms with Crippen LogP contribution in [0.2, 0.25) is 0 Å². The number of unbranched alkanes of at least 4 members (excludes halogenated alkanes) is 5. The zero-order valence-electron chi connectivity index (χ0n) is 17.9. The van der Waals surface area contributed by atoms with E-state index in [1.807, 2.05) is 41.5 Å². The van der Waals surface area contributed by atoms with Crippen molar-refractivity contribution in [2.45, 2.75) is 134 Å². The quantitative estimate of drug-likeness (QED) is 0.391. The van der Waals surface area contributed by atoms with Crippen molar-refractivity contribution in [1.29, 1.82) is 0 Å². The van der Waals surface area contributed by atoms with E-state index >= 15 is 0 Å². The Morgan fingerprint density at radius 1 is 0.571 bits per heavy atom. The average Bonchev–Trinajstić information content (AvgIpc) is 2.59. The Morgan fingerprint density at radius 3 is 1.10 bits per heavy atom. The van der Waals surface area contributed by atoms with Gasteiger partial charge in [-0.25, -0.2) is 0 Å². The van der Waals surface area contributed by atoms with E-state index in [4.69, 9.17) is 0 Å². The number of hydrogen-bond acceptors (Lipinski definition) is 0. The van der Waals surface area contributed by atoms with Crippen LogP contribution in [0.4, 0.5) is 0 Å². The molecule has 0 spiro atoms. The second-order valence-corrected chi connectivity index (χ2v) is 4.72. The van der Waals surface area contributed by atoms with Crippen molar-refractivity contribution >= 4 is 0 Å². The molecule has 0 rings (SSSR count). The van der Waals surface area contributed by atoms with E-state index in [0.29, 0.717) is 0 Å². The third kappa shape index (κ3) is 64.8. The van der Waals surface area contributed by atoms with Gasteiger partial charge in [0.15, 0.2) is 0 Å². The Bertz CT molecular complexity index is 91.8. The Morgan fingerprint density at radius 2 is 0.857 bits per heavy atom. The summed E-state index contributed by atoms with van der Waals surface area (Å²) >= 11 is 0. The summed E-state index contributed by atoms with van der Waals surface area (Å²) in [7, 11) is 0. The fourth-order valence-electron chi connectivity index (χ4n) is 1.45.